The number of aliphatic hydroxyl groups is 1. The van der Waals surface area contributed by atoms with Crippen LogP contribution in [0.15, 0.2) is 53.7 Å². The molecule has 0 aliphatic carbocycles. The first-order valence-corrected chi connectivity index (χ1v) is 9.54. The van der Waals surface area contributed by atoms with Gasteiger partial charge in [0.05, 0.1) is 19.3 Å². The molecule has 1 aromatic heterocycles. The molecular weight excluding hydrogens is 356 g/mol. The molecule has 2 aromatic rings. The Bertz CT molecular complexity index is 693. The van der Waals surface area contributed by atoms with E-state index in [2.05, 4.69) is 20.6 Å². The fraction of sp³-hybridized carbons (Fsp3) is 0.429. The summed E-state index contributed by atoms with van der Waals surface area (Å²) in [4.78, 5) is 8.84. The summed E-state index contributed by atoms with van der Waals surface area (Å²) in [7, 11) is 1.64. The van der Waals surface area contributed by atoms with Crippen molar-refractivity contribution < 1.29 is 14.6 Å². The number of methoxy groups -OCH3 is 1. The van der Waals surface area contributed by atoms with Crippen LogP contribution in [0.1, 0.15) is 30.6 Å². The number of hydrogen-bond donors (Lipinski definition) is 3. The number of rotatable bonds is 11. The summed E-state index contributed by atoms with van der Waals surface area (Å²) in [5.41, 5.74) is 1.91. The molecule has 1 unspecified atom stereocenters. The first kappa shape index (κ1) is 21.7. The SMILES string of the molecule is CCNC(=NCc1ccc(OCCOC)nc1)NCCC(O)c1ccccc1. The van der Waals surface area contributed by atoms with Gasteiger partial charge in [-0.15, -0.1) is 0 Å². The van der Waals surface area contributed by atoms with Crippen LogP contribution < -0.4 is 15.4 Å². The Balaban J connectivity index is 1.81. The summed E-state index contributed by atoms with van der Waals surface area (Å²) in [5, 5.41) is 16.7. The number of aliphatic imine (C=N–C) groups is 1. The highest BCUT2D eigenvalue weighted by atomic mass is 16.5. The average molecular weight is 386 g/mol. The first-order chi connectivity index (χ1) is 13.7. The highest BCUT2D eigenvalue weighted by molar-refractivity contribution is 5.79. The molecule has 0 saturated heterocycles. The zero-order chi connectivity index (χ0) is 20.0. The fourth-order valence-electron chi connectivity index (χ4n) is 2.50. The smallest absolute Gasteiger partial charge is 0.213 e. The van der Waals surface area contributed by atoms with Gasteiger partial charge in [-0.25, -0.2) is 9.98 Å². The molecule has 0 saturated carbocycles. The summed E-state index contributed by atoms with van der Waals surface area (Å²) in [6.07, 6.45) is 1.86. The predicted molar refractivity (Wildman–Crippen MR) is 110 cm³/mol. The van der Waals surface area contributed by atoms with Crippen LogP contribution in [0.3, 0.4) is 0 Å². The lowest BCUT2D eigenvalue weighted by atomic mass is 10.1. The molecule has 3 N–H and O–H groups in total. The summed E-state index contributed by atoms with van der Waals surface area (Å²) >= 11 is 0. The van der Waals surface area contributed by atoms with E-state index in [1.165, 1.54) is 0 Å². The number of aromatic nitrogens is 1. The number of guanidine groups is 1. The molecule has 0 radical (unpaired) electrons. The van der Waals surface area contributed by atoms with Gasteiger partial charge in [0.1, 0.15) is 6.61 Å². The van der Waals surface area contributed by atoms with Crippen molar-refractivity contribution in [3.8, 4) is 5.88 Å². The molecule has 152 valence electrons. The third-order valence-corrected chi connectivity index (χ3v) is 3.99. The van der Waals surface area contributed by atoms with E-state index in [9.17, 15) is 5.11 Å². The highest BCUT2D eigenvalue weighted by Crippen LogP contribution is 2.14. The van der Waals surface area contributed by atoms with Gasteiger partial charge in [-0.05, 0) is 24.5 Å². The average Bonchev–Trinajstić information content (AvgIpc) is 2.73. The van der Waals surface area contributed by atoms with E-state index >= 15 is 0 Å². The quantitative estimate of drug-likeness (QED) is 0.312. The molecule has 7 heteroatoms. The van der Waals surface area contributed by atoms with Crippen molar-refractivity contribution in [2.75, 3.05) is 33.4 Å². The van der Waals surface area contributed by atoms with Crippen LogP contribution in [0.5, 0.6) is 5.88 Å². The Morgan fingerprint density at radius 3 is 2.64 bits per heavy atom. The van der Waals surface area contributed by atoms with Crippen LogP contribution in [0.4, 0.5) is 0 Å². The van der Waals surface area contributed by atoms with Crippen molar-refractivity contribution in [3.05, 3.63) is 59.8 Å². The molecule has 1 heterocycles. The van der Waals surface area contributed by atoms with Crippen LogP contribution in [0, 0.1) is 0 Å². The second-order valence-electron chi connectivity index (χ2n) is 6.18. The minimum Gasteiger partial charge on any atom is -0.475 e. The van der Waals surface area contributed by atoms with Gasteiger partial charge in [0, 0.05) is 32.5 Å². The Kier molecular flexibility index (Phi) is 9.82. The molecule has 0 spiro atoms. The van der Waals surface area contributed by atoms with Gasteiger partial charge in [0.25, 0.3) is 0 Å². The molecule has 1 aromatic carbocycles. The van der Waals surface area contributed by atoms with E-state index in [0.717, 1.165) is 17.7 Å². The standard InChI is InChI=1S/C21H30N4O3/c1-3-22-21(23-12-11-19(26)18-7-5-4-6-8-18)25-16-17-9-10-20(24-15-17)28-14-13-27-2/h4-10,15,19,26H,3,11-14,16H2,1-2H3,(H2,22,23,25). The molecule has 0 aliphatic rings. The number of pyridine rings is 1. The van der Waals surface area contributed by atoms with Crippen molar-refractivity contribution in [1.29, 1.82) is 0 Å². The Morgan fingerprint density at radius 2 is 1.96 bits per heavy atom. The van der Waals surface area contributed by atoms with Crippen LogP contribution in [-0.4, -0.2) is 49.5 Å². The number of aliphatic hydroxyl groups excluding tert-OH is 1. The molecule has 28 heavy (non-hydrogen) atoms. The van der Waals surface area contributed by atoms with Gasteiger partial charge >= 0.3 is 0 Å². The van der Waals surface area contributed by atoms with Crippen molar-refractivity contribution in [2.24, 2.45) is 4.99 Å². The van der Waals surface area contributed by atoms with E-state index in [4.69, 9.17) is 9.47 Å². The molecule has 0 amide bonds. The maximum Gasteiger partial charge on any atom is 0.213 e. The van der Waals surface area contributed by atoms with E-state index in [1.54, 1.807) is 13.3 Å². The number of benzene rings is 1. The minimum atomic E-state index is -0.494. The molecule has 1 atom stereocenters. The Morgan fingerprint density at radius 1 is 1.14 bits per heavy atom. The summed E-state index contributed by atoms with van der Waals surface area (Å²) in [6, 6.07) is 13.4. The third kappa shape index (κ3) is 7.94. The predicted octanol–water partition coefficient (Wildman–Crippen LogP) is 2.29. The van der Waals surface area contributed by atoms with Gasteiger partial charge < -0.3 is 25.2 Å². The number of nitrogens with one attached hydrogen (secondary N) is 2. The van der Waals surface area contributed by atoms with Gasteiger partial charge in [0.15, 0.2) is 5.96 Å². The molecular formula is C21H30N4O3. The topological polar surface area (TPSA) is 88.0 Å². The molecule has 7 nitrogen and oxygen atoms in total. The lowest BCUT2D eigenvalue weighted by molar-refractivity contribution is 0.143. The first-order valence-electron chi connectivity index (χ1n) is 9.54. The number of nitrogens with zero attached hydrogens (tertiary/aromatic N) is 2. The van der Waals surface area contributed by atoms with Gasteiger partial charge in [-0.2, -0.15) is 0 Å². The van der Waals surface area contributed by atoms with E-state index in [1.807, 2.05) is 49.4 Å². The van der Waals surface area contributed by atoms with Gasteiger partial charge in [-0.3, -0.25) is 0 Å². The van der Waals surface area contributed by atoms with Gasteiger partial charge in [-0.1, -0.05) is 36.4 Å². The van der Waals surface area contributed by atoms with Crippen LogP contribution in [-0.2, 0) is 11.3 Å². The highest BCUT2D eigenvalue weighted by Gasteiger charge is 2.07. The minimum absolute atomic E-state index is 0.477. The Labute approximate surface area is 166 Å². The van der Waals surface area contributed by atoms with E-state index < -0.39 is 6.10 Å². The normalized spacial score (nSPS) is 12.5. The van der Waals surface area contributed by atoms with Crippen LogP contribution in [0.2, 0.25) is 0 Å². The molecule has 0 aliphatic heterocycles. The Hall–Kier alpha value is -2.64. The van der Waals surface area contributed by atoms with Gasteiger partial charge in [0.2, 0.25) is 5.88 Å². The lowest BCUT2D eigenvalue weighted by Gasteiger charge is -2.14. The van der Waals surface area contributed by atoms with Crippen molar-refractivity contribution in [3.63, 3.8) is 0 Å². The number of ether oxygens (including phenoxy) is 2. The van der Waals surface area contributed by atoms with Crippen molar-refractivity contribution >= 4 is 5.96 Å². The summed E-state index contributed by atoms with van der Waals surface area (Å²) < 4.78 is 10.4. The maximum absolute atomic E-state index is 10.2. The largest absolute Gasteiger partial charge is 0.475 e. The monoisotopic (exact) mass is 386 g/mol. The second kappa shape index (κ2) is 12.7. The summed E-state index contributed by atoms with van der Waals surface area (Å²) in [5.74, 6) is 1.29. The van der Waals surface area contributed by atoms with Crippen molar-refractivity contribution in [2.45, 2.75) is 26.0 Å². The maximum atomic E-state index is 10.2. The van der Waals surface area contributed by atoms with E-state index in [-0.39, 0.29) is 0 Å². The third-order valence-electron chi connectivity index (χ3n) is 3.99. The summed E-state index contributed by atoms with van der Waals surface area (Å²) in [6.45, 7) is 4.91. The molecule has 0 bridgehead atoms. The second-order valence-corrected chi connectivity index (χ2v) is 6.18. The molecule has 0 fully saturated rings. The molecule has 2 rings (SSSR count). The zero-order valence-corrected chi connectivity index (χ0v) is 16.6. The lowest BCUT2D eigenvalue weighted by Crippen LogP contribution is -2.38. The van der Waals surface area contributed by atoms with Crippen LogP contribution >= 0.6 is 0 Å². The van der Waals surface area contributed by atoms with E-state index in [0.29, 0.717) is 44.6 Å². The zero-order valence-electron chi connectivity index (χ0n) is 16.6. The van der Waals surface area contributed by atoms with Crippen LogP contribution in [0.25, 0.3) is 0 Å². The fourth-order valence-corrected chi connectivity index (χ4v) is 2.50. The number of hydrogen-bond acceptors (Lipinski definition) is 5. The van der Waals surface area contributed by atoms with Crippen molar-refractivity contribution in [1.82, 2.24) is 15.6 Å².